The zero-order valence-corrected chi connectivity index (χ0v) is 13.6. The van der Waals surface area contributed by atoms with Crippen LogP contribution >= 0.6 is 0 Å². The van der Waals surface area contributed by atoms with E-state index in [-0.39, 0.29) is 5.91 Å². The average Bonchev–Trinajstić information content (AvgIpc) is 3.35. The minimum Gasteiger partial charge on any atom is -0.350 e. The van der Waals surface area contributed by atoms with Crippen LogP contribution < -0.4 is 5.32 Å². The van der Waals surface area contributed by atoms with Gasteiger partial charge in [0.15, 0.2) is 0 Å². The monoisotopic (exact) mass is 326 g/mol. The van der Waals surface area contributed by atoms with Gasteiger partial charge in [-0.3, -0.25) is 19.4 Å². The molecule has 0 spiro atoms. The molecule has 2 aromatic rings. The van der Waals surface area contributed by atoms with Gasteiger partial charge in [-0.2, -0.15) is 5.10 Å². The molecule has 1 saturated carbocycles. The molecule has 0 saturated heterocycles. The summed E-state index contributed by atoms with van der Waals surface area (Å²) in [6.07, 6.45) is 9.16. The number of fused-ring (bicyclic) bond motifs is 1. The van der Waals surface area contributed by atoms with E-state index in [1.807, 2.05) is 6.20 Å². The van der Waals surface area contributed by atoms with Crippen LogP contribution in [0.4, 0.5) is 0 Å². The van der Waals surface area contributed by atoms with Crippen molar-refractivity contribution in [1.29, 1.82) is 0 Å². The summed E-state index contributed by atoms with van der Waals surface area (Å²) >= 11 is 0. The predicted molar refractivity (Wildman–Crippen MR) is 88.1 cm³/mol. The topological polar surface area (TPSA) is 75.9 Å². The average molecular weight is 326 g/mol. The lowest BCUT2D eigenvalue weighted by molar-refractivity contribution is 0.0935. The highest BCUT2D eigenvalue weighted by Crippen LogP contribution is 2.31. The van der Waals surface area contributed by atoms with Gasteiger partial charge in [0.2, 0.25) is 0 Å². The van der Waals surface area contributed by atoms with Crippen molar-refractivity contribution < 1.29 is 4.79 Å². The molecule has 1 fully saturated rings. The molecule has 0 aromatic carbocycles. The van der Waals surface area contributed by atoms with Crippen molar-refractivity contribution in [3.05, 3.63) is 42.2 Å². The Bertz CT molecular complexity index is 696. The third kappa shape index (κ3) is 3.62. The summed E-state index contributed by atoms with van der Waals surface area (Å²) in [6.45, 7) is 4.55. The number of carbonyl (C=O) groups excluding carboxylic acids is 1. The largest absolute Gasteiger partial charge is 0.350 e. The second-order valence-corrected chi connectivity index (χ2v) is 6.81. The molecule has 1 aliphatic heterocycles. The lowest BCUT2D eigenvalue weighted by atomic mass is 10.1. The van der Waals surface area contributed by atoms with E-state index < -0.39 is 0 Å². The van der Waals surface area contributed by atoms with E-state index in [2.05, 4.69) is 36.0 Å². The second-order valence-electron chi connectivity index (χ2n) is 6.81. The van der Waals surface area contributed by atoms with Gasteiger partial charge in [-0.05, 0) is 24.8 Å². The smallest absolute Gasteiger partial charge is 0.271 e. The van der Waals surface area contributed by atoms with E-state index in [4.69, 9.17) is 0 Å². The molecular weight excluding hydrogens is 304 g/mol. The van der Waals surface area contributed by atoms with Crippen molar-refractivity contribution in [3.63, 3.8) is 0 Å². The molecule has 7 heteroatoms. The Labute approximate surface area is 141 Å². The van der Waals surface area contributed by atoms with Crippen LogP contribution in [0, 0.1) is 11.8 Å². The molecule has 7 nitrogen and oxygen atoms in total. The fourth-order valence-corrected chi connectivity index (χ4v) is 3.30. The van der Waals surface area contributed by atoms with Crippen molar-refractivity contribution in [2.24, 2.45) is 11.8 Å². The summed E-state index contributed by atoms with van der Waals surface area (Å²) in [5.74, 6) is 1.03. The highest BCUT2D eigenvalue weighted by atomic mass is 16.1. The molecule has 0 radical (unpaired) electrons. The van der Waals surface area contributed by atoms with Crippen molar-refractivity contribution in [2.75, 3.05) is 19.6 Å². The number of hydrogen-bond acceptors (Lipinski definition) is 5. The number of amides is 1. The van der Waals surface area contributed by atoms with Gasteiger partial charge in [0.1, 0.15) is 5.69 Å². The van der Waals surface area contributed by atoms with Crippen LogP contribution in [-0.2, 0) is 13.1 Å². The minimum atomic E-state index is -0.165. The molecule has 24 heavy (non-hydrogen) atoms. The summed E-state index contributed by atoms with van der Waals surface area (Å²) in [7, 11) is 0. The highest BCUT2D eigenvalue weighted by molar-refractivity contribution is 5.91. The molecule has 2 aromatic heterocycles. The number of carbonyl (C=O) groups is 1. The molecule has 1 amide bonds. The van der Waals surface area contributed by atoms with Gasteiger partial charge in [0.05, 0.1) is 11.9 Å². The number of nitrogens with one attached hydrogen (secondary N) is 1. The Hall–Kier alpha value is -2.28. The maximum Gasteiger partial charge on any atom is 0.271 e. The van der Waals surface area contributed by atoms with Crippen LogP contribution in [0.15, 0.2) is 30.9 Å². The summed E-state index contributed by atoms with van der Waals surface area (Å²) < 4.78 is 2.08. The van der Waals surface area contributed by atoms with Crippen LogP contribution in [0.2, 0.25) is 0 Å². The first-order valence-electron chi connectivity index (χ1n) is 8.55. The first-order chi connectivity index (χ1) is 11.8. The fourth-order valence-electron chi connectivity index (χ4n) is 3.30. The van der Waals surface area contributed by atoms with E-state index in [1.54, 1.807) is 6.20 Å². The fraction of sp³-hybridized carbons (Fsp3) is 0.529. The molecule has 0 bridgehead atoms. The van der Waals surface area contributed by atoms with Crippen LogP contribution in [0.5, 0.6) is 0 Å². The summed E-state index contributed by atoms with van der Waals surface area (Å²) in [6, 6.07) is 2.10. The van der Waals surface area contributed by atoms with Crippen LogP contribution in [0.3, 0.4) is 0 Å². The van der Waals surface area contributed by atoms with Crippen molar-refractivity contribution in [1.82, 2.24) is 30.0 Å². The van der Waals surface area contributed by atoms with Crippen molar-refractivity contribution in [3.8, 4) is 0 Å². The molecule has 1 unspecified atom stereocenters. The van der Waals surface area contributed by atoms with Gasteiger partial charge in [0.25, 0.3) is 5.91 Å². The Morgan fingerprint density at radius 2 is 2.12 bits per heavy atom. The first kappa shape index (κ1) is 15.3. The lowest BCUT2D eigenvalue weighted by Crippen LogP contribution is -2.37. The Kier molecular flexibility index (Phi) is 4.25. The molecule has 1 atom stereocenters. The number of nitrogens with zero attached hydrogens (tertiary/aromatic N) is 5. The van der Waals surface area contributed by atoms with E-state index in [0.717, 1.165) is 32.1 Å². The number of hydrogen-bond donors (Lipinski definition) is 1. The van der Waals surface area contributed by atoms with E-state index in [0.29, 0.717) is 18.2 Å². The number of rotatable bonds is 5. The SMILES string of the molecule is O=C(NCC1CN(CC2CC2)Cc2ccnn2C1)c1cnccn1. The van der Waals surface area contributed by atoms with Gasteiger partial charge >= 0.3 is 0 Å². The third-order valence-corrected chi connectivity index (χ3v) is 4.70. The molecule has 126 valence electrons. The van der Waals surface area contributed by atoms with Crippen LogP contribution in [0.1, 0.15) is 29.0 Å². The Balaban J connectivity index is 1.40. The van der Waals surface area contributed by atoms with Gasteiger partial charge in [-0.15, -0.1) is 0 Å². The zero-order valence-electron chi connectivity index (χ0n) is 13.6. The molecule has 1 N–H and O–H groups in total. The molecular formula is C17H22N6O. The Morgan fingerprint density at radius 1 is 1.21 bits per heavy atom. The van der Waals surface area contributed by atoms with Gasteiger partial charge in [-0.25, -0.2) is 4.98 Å². The van der Waals surface area contributed by atoms with Gasteiger partial charge in [-0.1, -0.05) is 0 Å². The van der Waals surface area contributed by atoms with E-state index in [1.165, 1.54) is 30.9 Å². The Morgan fingerprint density at radius 3 is 2.92 bits per heavy atom. The van der Waals surface area contributed by atoms with Gasteiger partial charge in [0, 0.05) is 57.2 Å². The summed E-state index contributed by atoms with van der Waals surface area (Å²) in [4.78, 5) is 22.7. The van der Waals surface area contributed by atoms with Crippen LogP contribution in [0.25, 0.3) is 0 Å². The minimum absolute atomic E-state index is 0.165. The molecule has 1 aliphatic carbocycles. The summed E-state index contributed by atoms with van der Waals surface area (Å²) in [5, 5.41) is 7.44. The van der Waals surface area contributed by atoms with E-state index >= 15 is 0 Å². The molecule has 3 heterocycles. The maximum absolute atomic E-state index is 12.2. The zero-order chi connectivity index (χ0) is 16.4. The molecule has 4 rings (SSSR count). The van der Waals surface area contributed by atoms with E-state index in [9.17, 15) is 4.79 Å². The predicted octanol–water partition coefficient (Wildman–Crippen LogP) is 0.945. The lowest BCUT2D eigenvalue weighted by Gasteiger charge is -2.23. The first-order valence-corrected chi connectivity index (χ1v) is 8.55. The third-order valence-electron chi connectivity index (χ3n) is 4.70. The highest BCUT2D eigenvalue weighted by Gasteiger charge is 2.28. The molecule has 2 aliphatic rings. The normalized spacial score (nSPS) is 21.1. The van der Waals surface area contributed by atoms with Crippen molar-refractivity contribution >= 4 is 5.91 Å². The summed E-state index contributed by atoms with van der Waals surface area (Å²) in [5.41, 5.74) is 1.62. The van der Waals surface area contributed by atoms with Crippen LogP contribution in [-0.4, -0.2) is 50.2 Å². The maximum atomic E-state index is 12.2. The van der Waals surface area contributed by atoms with Crippen molar-refractivity contribution in [2.45, 2.75) is 25.9 Å². The standard InChI is InChI=1S/C17H22N6O/c24-17(16-8-18-5-6-19-16)20-7-14-10-22(9-13-1-2-13)12-15-3-4-21-23(15)11-14/h3-6,8,13-14H,1-2,7,9-12H2,(H,20,24). The second kappa shape index (κ2) is 6.68. The quantitative estimate of drug-likeness (QED) is 0.885. The number of aromatic nitrogens is 4. The van der Waals surface area contributed by atoms with Gasteiger partial charge < -0.3 is 5.32 Å².